The van der Waals surface area contributed by atoms with Crippen molar-refractivity contribution in [3.8, 4) is 0 Å². The van der Waals surface area contributed by atoms with Crippen LogP contribution < -0.4 is 16.4 Å². The van der Waals surface area contributed by atoms with Crippen molar-refractivity contribution in [3.63, 3.8) is 0 Å². The molecule has 130 valence electrons. The zero-order valence-corrected chi connectivity index (χ0v) is 13.6. The number of nitrogens with one attached hydrogen (secondary N) is 2. The average molecular weight is 329 g/mol. The van der Waals surface area contributed by atoms with Gasteiger partial charge in [-0.1, -0.05) is 6.08 Å². The van der Waals surface area contributed by atoms with Gasteiger partial charge in [0.2, 0.25) is 11.8 Å². The van der Waals surface area contributed by atoms with Crippen molar-refractivity contribution >= 4 is 23.9 Å². The van der Waals surface area contributed by atoms with Gasteiger partial charge in [-0.2, -0.15) is 0 Å². The summed E-state index contributed by atoms with van der Waals surface area (Å²) in [5, 5.41) is 13.2. The summed E-state index contributed by atoms with van der Waals surface area (Å²) >= 11 is 0. The standard InChI is InChI=1S/C14H23N3O6/c1-8(5-6-11(19)20)16-12(21)9(7-10(15)18)17-13(22)23-14(2,3)4/h5-6,8-9H,7H2,1-4H3,(H2,15,18)(H,16,21)(H,17,22)(H,19,20)/b6-5+/t8-,9+/m0/s1. The fourth-order valence-electron chi connectivity index (χ4n) is 1.46. The van der Waals surface area contributed by atoms with E-state index in [1.165, 1.54) is 13.0 Å². The Morgan fingerprint density at radius 2 is 1.78 bits per heavy atom. The van der Waals surface area contributed by atoms with E-state index in [4.69, 9.17) is 15.6 Å². The van der Waals surface area contributed by atoms with Crippen LogP contribution in [0.5, 0.6) is 0 Å². The molecule has 0 aromatic rings. The fraction of sp³-hybridized carbons (Fsp3) is 0.571. The van der Waals surface area contributed by atoms with Crippen LogP contribution in [0.2, 0.25) is 0 Å². The minimum atomic E-state index is -1.22. The van der Waals surface area contributed by atoms with Gasteiger partial charge in [-0.15, -0.1) is 0 Å². The third-order valence-corrected chi connectivity index (χ3v) is 2.31. The van der Waals surface area contributed by atoms with Crippen LogP contribution in [0.15, 0.2) is 12.2 Å². The maximum atomic E-state index is 12.1. The molecule has 0 bridgehead atoms. The molecule has 0 aromatic carbocycles. The number of rotatable bonds is 7. The molecular formula is C14H23N3O6. The lowest BCUT2D eigenvalue weighted by Gasteiger charge is -2.23. The van der Waals surface area contributed by atoms with Crippen molar-refractivity contribution in [2.24, 2.45) is 5.73 Å². The van der Waals surface area contributed by atoms with E-state index in [0.29, 0.717) is 0 Å². The normalized spacial score (nSPS) is 13.9. The van der Waals surface area contributed by atoms with Gasteiger partial charge in [0, 0.05) is 12.1 Å². The molecule has 0 saturated heterocycles. The van der Waals surface area contributed by atoms with E-state index in [9.17, 15) is 19.2 Å². The first-order valence-electron chi connectivity index (χ1n) is 6.90. The lowest BCUT2D eigenvalue weighted by atomic mass is 10.1. The Hall–Kier alpha value is -2.58. The summed E-state index contributed by atoms with van der Waals surface area (Å²) in [6.07, 6.45) is 0.831. The number of hydrogen-bond donors (Lipinski definition) is 4. The quantitative estimate of drug-likeness (QED) is 0.479. The molecule has 2 atom stereocenters. The number of ether oxygens (including phenoxy) is 1. The van der Waals surface area contributed by atoms with Gasteiger partial charge >= 0.3 is 12.1 Å². The first-order valence-corrected chi connectivity index (χ1v) is 6.90. The number of primary amides is 1. The van der Waals surface area contributed by atoms with Crippen LogP contribution in [-0.4, -0.2) is 46.7 Å². The Morgan fingerprint density at radius 1 is 1.22 bits per heavy atom. The van der Waals surface area contributed by atoms with E-state index in [-0.39, 0.29) is 0 Å². The molecule has 0 aliphatic carbocycles. The highest BCUT2D eigenvalue weighted by atomic mass is 16.6. The number of nitrogens with two attached hydrogens (primary N) is 1. The van der Waals surface area contributed by atoms with E-state index in [0.717, 1.165) is 6.08 Å². The third-order valence-electron chi connectivity index (χ3n) is 2.31. The third kappa shape index (κ3) is 10.7. The van der Waals surface area contributed by atoms with Crippen LogP contribution in [-0.2, 0) is 19.1 Å². The summed E-state index contributed by atoms with van der Waals surface area (Å²) in [5.74, 6) is -2.63. The number of amides is 3. The largest absolute Gasteiger partial charge is 0.478 e. The number of carboxylic acids is 1. The number of carbonyl (C=O) groups excluding carboxylic acids is 3. The molecule has 0 unspecified atom stereocenters. The van der Waals surface area contributed by atoms with Crippen molar-refractivity contribution < 1.29 is 29.0 Å². The van der Waals surface area contributed by atoms with Crippen molar-refractivity contribution in [1.29, 1.82) is 0 Å². The van der Waals surface area contributed by atoms with Gasteiger partial charge in [0.05, 0.1) is 6.42 Å². The molecule has 0 fully saturated rings. The minimum absolute atomic E-state index is 0.416. The van der Waals surface area contributed by atoms with Gasteiger partial charge in [0.25, 0.3) is 0 Å². The summed E-state index contributed by atoms with van der Waals surface area (Å²) in [6.45, 7) is 6.48. The van der Waals surface area contributed by atoms with Gasteiger partial charge in [-0.3, -0.25) is 9.59 Å². The van der Waals surface area contributed by atoms with E-state index in [1.807, 2.05) is 0 Å². The first-order chi connectivity index (χ1) is 10.4. The molecule has 0 radical (unpaired) electrons. The first kappa shape index (κ1) is 20.4. The van der Waals surface area contributed by atoms with Crippen molar-refractivity contribution in [2.75, 3.05) is 0 Å². The molecular weight excluding hydrogens is 306 g/mol. The predicted octanol–water partition coefficient (Wildman–Crippen LogP) is -0.0994. The number of hydrogen-bond acceptors (Lipinski definition) is 5. The van der Waals surface area contributed by atoms with Crippen LogP contribution in [0.25, 0.3) is 0 Å². The van der Waals surface area contributed by atoms with Crippen LogP contribution in [0.3, 0.4) is 0 Å². The van der Waals surface area contributed by atoms with Crippen LogP contribution in [0.1, 0.15) is 34.1 Å². The molecule has 3 amide bonds. The molecule has 0 heterocycles. The molecule has 9 heteroatoms. The highest BCUT2D eigenvalue weighted by molar-refractivity contribution is 5.90. The van der Waals surface area contributed by atoms with Gasteiger partial charge in [0.15, 0.2) is 0 Å². The SMILES string of the molecule is C[C@@H](/C=C/C(=O)O)NC(=O)[C@@H](CC(N)=O)NC(=O)OC(C)(C)C. The minimum Gasteiger partial charge on any atom is -0.478 e. The molecule has 5 N–H and O–H groups in total. The molecule has 0 spiro atoms. The Bertz CT molecular complexity index is 495. The molecule has 9 nitrogen and oxygen atoms in total. The number of carbonyl (C=O) groups is 4. The van der Waals surface area contributed by atoms with E-state index < -0.39 is 48.0 Å². The average Bonchev–Trinajstić information content (AvgIpc) is 2.32. The van der Waals surface area contributed by atoms with Crippen LogP contribution >= 0.6 is 0 Å². The predicted molar refractivity (Wildman–Crippen MR) is 81.3 cm³/mol. The van der Waals surface area contributed by atoms with E-state index >= 15 is 0 Å². The van der Waals surface area contributed by atoms with Gasteiger partial charge < -0.3 is 26.2 Å². The summed E-state index contributed by atoms with van der Waals surface area (Å²) in [5.41, 5.74) is 4.29. The molecule has 0 saturated carbocycles. The number of alkyl carbamates (subject to hydrolysis) is 1. The lowest BCUT2D eigenvalue weighted by Crippen LogP contribution is -2.51. The molecule has 0 aromatic heterocycles. The Balaban J connectivity index is 4.82. The summed E-state index contributed by atoms with van der Waals surface area (Å²) in [4.78, 5) is 45.2. The second-order valence-corrected chi connectivity index (χ2v) is 5.86. The van der Waals surface area contributed by atoms with Gasteiger partial charge in [-0.05, 0) is 27.7 Å². The number of aliphatic carboxylic acids is 1. The zero-order valence-electron chi connectivity index (χ0n) is 13.6. The smallest absolute Gasteiger partial charge is 0.408 e. The Morgan fingerprint density at radius 3 is 2.22 bits per heavy atom. The van der Waals surface area contributed by atoms with Gasteiger partial charge in [0.1, 0.15) is 11.6 Å². The van der Waals surface area contributed by atoms with E-state index in [1.54, 1.807) is 20.8 Å². The van der Waals surface area contributed by atoms with Crippen molar-refractivity contribution in [2.45, 2.75) is 51.8 Å². The maximum Gasteiger partial charge on any atom is 0.408 e. The van der Waals surface area contributed by atoms with Crippen molar-refractivity contribution in [3.05, 3.63) is 12.2 Å². The molecule has 0 rings (SSSR count). The van der Waals surface area contributed by atoms with E-state index in [2.05, 4.69) is 10.6 Å². The Labute approximate surface area is 134 Å². The topological polar surface area (TPSA) is 148 Å². The lowest BCUT2D eigenvalue weighted by molar-refractivity contribution is -0.131. The Kier molecular flexibility index (Phi) is 7.78. The maximum absolute atomic E-state index is 12.1. The van der Waals surface area contributed by atoms with Crippen molar-refractivity contribution in [1.82, 2.24) is 10.6 Å². The molecule has 23 heavy (non-hydrogen) atoms. The molecule has 0 aliphatic heterocycles. The molecule has 0 aliphatic rings. The second-order valence-electron chi connectivity index (χ2n) is 5.86. The number of carboxylic acid groups (broad SMARTS) is 1. The fourth-order valence-corrected chi connectivity index (χ4v) is 1.46. The summed E-state index contributed by atoms with van der Waals surface area (Å²) < 4.78 is 5.01. The highest BCUT2D eigenvalue weighted by Gasteiger charge is 2.26. The monoisotopic (exact) mass is 329 g/mol. The second kappa shape index (κ2) is 8.76. The van der Waals surface area contributed by atoms with Gasteiger partial charge in [-0.25, -0.2) is 9.59 Å². The van der Waals surface area contributed by atoms with Crippen LogP contribution in [0.4, 0.5) is 4.79 Å². The van der Waals surface area contributed by atoms with Crippen LogP contribution in [0, 0.1) is 0 Å². The summed E-state index contributed by atoms with van der Waals surface area (Å²) in [6, 6.07) is -1.84. The zero-order chi connectivity index (χ0) is 18.2. The summed E-state index contributed by atoms with van der Waals surface area (Å²) in [7, 11) is 0. The highest BCUT2D eigenvalue weighted by Crippen LogP contribution is 2.07.